The normalized spacial score (nSPS) is 10.8. The molecule has 3 amide bonds. The molecule has 0 saturated carbocycles. The molecule has 0 spiro atoms. The zero-order chi connectivity index (χ0) is 26.4. The van der Waals surface area contributed by atoms with Crippen LogP contribution >= 0.6 is 23.2 Å². The summed E-state index contributed by atoms with van der Waals surface area (Å²) in [5, 5.41) is 9.80. The van der Waals surface area contributed by atoms with Crippen LogP contribution in [0.15, 0.2) is 60.7 Å². The Morgan fingerprint density at radius 3 is 2.16 bits per heavy atom. The monoisotopic (exact) mass is 539 g/mol. The molecular formula is C27H27Cl2N5O3. The molecule has 0 aliphatic carbocycles. The van der Waals surface area contributed by atoms with Crippen LogP contribution in [0.4, 0.5) is 21.9 Å². The molecule has 192 valence electrons. The van der Waals surface area contributed by atoms with Crippen molar-refractivity contribution in [2.75, 3.05) is 54.5 Å². The number of fused-ring (bicyclic) bond motifs is 2. The Morgan fingerprint density at radius 1 is 0.892 bits per heavy atom. The number of pyridine rings is 1. The first kappa shape index (κ1) is 26.3. The smallest absolute Gasteiger partial charge is 0.323 e. The van der Waals surface area contributed by atoms with Crippen molar-refractivity contribution < 1.29 is 14.3 Å². The van der Waals surface area contributed by atoms with Gasteiger partial charge in [0.15, 0.2) is 0 Å². The summed E-state index contributed by atoms with van der Waals surface area (Å²) in [4.78, 5) is 32.5. The van der Waals surface area contributed by atoms with E-state index in [0.29, 0.717) is 69.3 Å². The van der Waals surface area contributed by atoms with Gasteiger partial charge in [0.2, 0.25) is 0 Å². The Hall–Kier alpha value is -3.75. The molecule has 0 aliphatic rings. The van der Waals surface area contributed by atoms with Crippen LogP contribution in [-0.2, 0) is 0 Å². The van der Waals surface area contributed by atoms with Gasteiger partial charge < -0.3 is 25.6 Å². The van der Waals surface area contributed by atoms with Gasteiger partial charge >= 0.3 is 6.03 Å². The molecule has 10 heteroatoms. The lowest BCUT2D eigenvalue weighted by molar-refractivity contribution is 0.0964. The number of nitrogens with zero attached hydrogens (tertiary/aromatic N) is 2. The third kappa shape index (κ3) is 5.65. The maximum atomic E-state index is 13.1. The number of aromatic nitrogens is 1. The number of halogens is 2. The van der Waals surface area contributed by atoms with E-state index in [1.54, 1.807) is 32.4 Å². The number of urea groups is 1. The molecule has 1 heterocycles. The van der Waals surface area contributed by atoms with Gasteiger partial charge in [0.25, 0.3) is 5.91 Å². The Labute approximate surface area is 224 Å². The third-order valence-corrected chi connectivity index (χ3v) is 6.26. The number of para-hydroxylation sites is 2. The SMILES string of the molecule is CNC(=O)c1cccc2c(NC(=O)Nc3ccc(N(CCCl)CCCl)cc3)c3cccc(OC)c3nc12. The predicted octanol–water partition coefficient (Wildman–Crippen LogP) is 5.68. The number of rotatable bonds is 9. The standard InChI is InChI=1S/C27H27Cl2N5O3/c1-30-26(35)21-7-3-5-19-23(20-6-4-8-22(37-2)25(20)32-24(19)21)33-27(36)31-17-9-11-18(12-10-17)34(15-13-28)16-14-29/h3-12H,13-16H2,1-2H3,(H,30,35)(H2,31,32,33,36). The van der Waals surface area contributed by atoms with E-state index in [-0.39, 0.29) is 5.91 Å². The second-order valence-corrected chi connectivity index (χ2v) is 8.87. The number of carbonyl (C=O) groups excluding carboxylic acids is 2. The Morgan fingerprint density at radius 2 is 1.54 bits per heavy atom. The Kier molecular flexibility index (Phi) is 8.53. The summed E-state index contributed by atoms with van der Waals surface area (Å²) < 4.78 is 5.51. The molecule has 0 fully saturated rings. The summed E-state index contributed by atoms with van der Waals surface area (Å²) in [6.07, 6.45) is 0. The molecule has 4 rings (SSSR count). The molecule has 0 atom stereocenters. The van der Waals surface area contributed by atoms with Crippen LogP contribution in [0.3, 0.4) is 0 Å². The number of hydrogen-bond donors (Lipinski definition) is 3. The minimum Gasteiger partial charge on any atom is -0.494 e. The number of alkyl halides is 2. The van der Waals surface area contributed by atoms with Gasteiger partial charge in [-0.05, 0) is 36.4 Å². The first-order valence-electron chi connectivity index (χ1n) is 11.7. The molecule has 3 aromatic carbocycles. The van der Waals surface area contributed by atoms with Crippen LogP contribution in [0.1, 0.15) is 10.4 Å². The number of benzene rings is 3. The maximum Gasteiger partial charge on any atom is 0.323 e. The molecule has 0 saturated heterocycles. The van der Waals surface area contributed by atoms with Gasteiger partial charge in [-0.3, -0.25) is 4.79 Å². The van der Waals surface area contributed by atoms with Crippen LogP contribution in [-0.4, -0.2) is 55.9 Å². The number of anilines is 3. The van der Waals surface area contributed by atoms with Crippen molar-refractivity contribution in [3.63, 3.8) is 0 Å². The lowest BCUT2D eigenvalue weighted by Gasteiger charge is -2.23. The first-order chi connectivity index (χ1) is 18.0. The maximum absolute atomic E-state index is 13.1. The van der Waals surface area contributed by atoms with E-state index in [2.05, 4.69) is 20.9 Å². The molecule has 0 unspecified atom stereocenters. The van der Waals surface area contributed by atoms with E-state index >= 15 is 0 Å². The predicted molar refractivity (Wildman–Crippen MR) is 152 cm³/mol. The average molecular weight is 540 g/mol. The number of hydrogen-bond acceptors (Lipinski definition) is 5. The Bertz CT molecular complexity index is 1420. The molecule has 4 aromatic rings. The first-order valence-corrected chi connectivity index (χ1v) is 12.7. The van der Waals surface area contributed by atoms with E-state index in [9.17, 15) is 9.59 Å². The van der Waals surface area contributed by atoms with E-state index in [1.807, 2.05) is 42.5 Å². The minimum absolute atomic E-state index is 0.278. The largest absolute Gasteiger partial charge is 0.494 e. The summed E-state index contributed by atoms with van der Waals surface area (Å²) in [5.41, 5.74) is 3.49. The van der Waals surface area contributed by atoms with Crippen LogP contribution in [0.25, 0.3) is 21.8 Å². The number of nitrogens with one attached hydrogen (secondary N) is 3. The fraction of sp³-hybridized carbons (Fsp3) is 0.222. The van der Waals surface area contributed by atoms with Crippen LogP contribution in [0.5, 0.6) is 5.75 Å². The second-order valence-electron chi connectivity index (χ2n) is 8.12. The summed E-state index contributed by atoms with van der Waals surface area (Å²) >= 11 is 11.8. The lowest BCUT2D eigenvalue weighted by Crippen LogP contribution is -2.27. The number of ether oxygens (including phenoxy) is 1. The van der Waals surface area contributed by atoms with Gasteiger partial charge in [-0.2, -0.15) is 0 Å². The van der Waals surface area contributed by atoms with Crippen molar-refractivity contribution in [2.24, 2.45) is 0 Å². The summed E-state index contributed by atoms with van der Waals surface area (Å²) in [6, 6.07) is 17.8. The van der Waals surface area contributed by atoms with Crippen molar-refractivity contribution in [3.8, 4) is 5.75 Å². The van der Waals surface area contributed by atoms with Crippen molar-refractivity contribution in [1.29, 1.82) is 0 Å². The van der Waals surface area contributed by atoms with Gasteiger partial charge in [-0.15, -0.1) is 23.2 Å². The molecule has 0 aliphatic heterocycles. The van der Waals surface area contributed by atoms with Gasteiger partial charge in [-0.1, -0.05) is 24.3 Å². The zero-order valence-electron chi connectivity index (χ0n) is 20.5. The highest BCUT2D eigenvalue weighted by Crippen LogP contribution is 2.36. The molecule has 3 N–H and O–H groups in total. The van der Waals surface area contributed by atoms with Crippen molar-refractivity contribution >= 4 is 74.0 Å². The van der Waals surface area contributed by atoms with E-state index < -0.39 is 6.03 Å². The Balaban J connectivity index is 1.69. The van der Waals surface area contributed by atoms with Crippen LogP contribution < -0.4 is 25.6 Å². The molecule has 0 radical (unpaired) electrons. The van der Waals surface area contributed by atoms with Crippen LogP contribution in [0, 0.1) is 0 Å². The van der Waals surface area contributed by atoms with E-state index in [0.717, 1.165) is 5.69 Å². The molecule has 8 nitrogen and oxygen atoms in total. The zero-order valence-corrected chi connectivity index (χ0v) is 22.0. The molecule has 1 aromatic heterocycles. The van der Waals surface area contributed by atoms with E-state index in [4.69, 9.17) is 32.9 Å². The number of carbonyl (C=O) groups is 2. The quantitative estimate of drug-likeness (QED) is 0.188. The van der Waals surface area contributed by atoms with Gasteiger partial charge in [0, 0.05) is 54.0 Å². The second kappa shape index (κ2) is 12.0. The van der Waals surface area contributed by atoms with Crippen LogP contribution in [0.2, 0.25) is 0 Å². The highest BCUT2D eigenvalue weighted by atomic mass is 35.5. The summed E-state index contributed by atoms with van der Waals surface area (Å²) in [5.74, 6) is 1.22. The molecular weight excluding hydrogens is 513 g/mol. The fourth-order valence-electron chi connectivity index (χ4n) is 4.18. The highest BCUT2D eigenvalue weighted by molar-refractivity contribution is 6.19. The van der Waals surface area contributed by atoms with Gasteiger partial charge in [-0.25, -0.2) is 9.78 Å². The topological polar surface area (TPSA) is 95.6 Å². The molecule has 0 bridgehead atoms. The van der Waals surface area contributed by atoms with Crippen molar-refractivity contribution in [3.05, 3.63) is 66.2 Å². The van der Waals surface area contributed by atoms with Gasteiger partial charge in [0.1, 0.15) is 11.3 Å². The van der Waals surface area contributed by atoms with Crippen molar-refractivity contribution in [1.82, 2.24) is 10.3 Å². The van der Waals surface area contributed by atoms with Gasteiger partial charge in [0.05, 0.1) is 23.9 Å². The summed E-state index contributed by atoms with van der Waals surface area (Å²) in [7, 11) is 3.11. The third-order valence-electron chi connectivity index (χ3n) is 5.93. The lowest BCUT2D eigenvalue weighted by atomic mass is 10.0. The average Bonchev–Trinajstić information content (AvgIpc) is 2.92. The number of methoxy groups -OCH3 is 1. The minimum atomic E-state index is -0.437. The summed E-state index contributed by atoms with van der Waals surface area (Å²) in [6.45, 7) is 1.34. The number of amides is 3. The van der Waals surface area contributed by atoms with Crippen molar-refractivity contribution in [2.45, 2.75) is 0 Å². The highest BCUT2D eigenvalue weighted by Gasteiger charge is 2.19. The molecule has 37 heavy (non-hydrogen) atoms. The van der Waals surface area contributed by atoms with E-state index in [1.165, 1.54) is 0 Å². The fourth-order valence-corrected chi connectivity index (χ4v) is 4.59.